The number of H-pyrrole nitrogens is 1. The van der Waals surface area contributed by atoms with Crippen molar-refractivity contribution < 1.29 is 14.1 Å². The quantitative estimate of drug-likeness (QED) is 0.557. The molecule has 0 aliphatic heterocycles. The molecule has 0 atom stereocenters. The van der Waals surface area contributed by atoms with Gasteiger partial charge in [-0.05, 0) is 29.7 Å². The van der Waals surface area contributed by atoms with E-state index in [2.05, 4.69) is 10.3 Å². The first-order chi connectivity index (χ1) is 11.5. The summed E-state index contributed by atoms with van der Waals surface area (Å²) in [7, 11) is 0. The normalized spacial score (nSPS) is 10.7. The second kappa shape index (κ2) is 6.49. The van der Waals surface area contributed by atoms with Gasteiger partial charge in [0.2, 0.25) is 0 Å². The first-order valence-corrected chi connectivity index (χ1v) is 7.33. The van der Waals surface area contributed by atoms with Crippen LogP contribution in [-0.4, -0.2) is 22.4 Å². The third-order valence-corrected chi connectivity index (χ3v) is 3.67. The van der Waals surface area contributed by atoms with Crippen LogP contribution in [0.15, 0.2) is 48.5 Å². The van der Waals surface area contributed by atoms with E-state index in [0.717, 1.165) is 34.8 Å². The third-order valence-electron chi connectivity index (χ3n) is 3.67. The van der Waals surface area contributed by atoms with Crippen molar-refractivity contribution in [2.24, 2.45) is 0 Å². The first-order valence-electron chi connectivity index (χ1n) is 7.33. The van der Waals surface area contributed by atoms with Gasteiger partial charge in [-0.2, -0.15) is 0 Å². The Kier molecular flexibility index (Phi) is 4.24. The molecule has 0 fully saturated rings. The SMILES string of the molecule is O=C(NCCc1cc2ccccc2[nH]1)c1cc(F)ccc1[N+](=O)[O-]. The number of aromatic nitrogens is 1. The molecule has 3 aromatic rings. The third kappa shape index (κ3) is 3.24. The molecule has 0 unspecified atom stereocenters. The number of carbonyl (C=O) groups is 1. The van der Waals surface area contributed by atoms with E-state index < -0.39 is 22.3 Å². The lowest BCUT2D eigenvalue weighted by Crippen LogP contribution is -2.26. The van der Waals surface area contributed by atoms with Crippen LogP contribution in [0.4, 0.5) is 10.1 Å². The molecule has 24 heavy (non-hydrogen) atoms. The van der Waals surface area contributed by atoms with Gasteiger partial charge < -0.3 is 10.3 Å². The fourth-order valence-electron chi connectivity index (χ4n) is 2.52. The number of nitro groups is 1. The van der Waals surface area contributed by atoms with Crippen molar-refractivity contribution in [2.45, 2.75) is 6.42 Å². The van der Waals surface area contributed by atoms with E-state index in [1.165, 1.54) is 0 Å². The number of aromatic amines is 1. The first kappa shape index (κ1) is 15.7. The zero-order valence-corrected chi connectivity index (χ0v) is 12.6. The van der Waals surface area contributed by atoms with Crippen molar-refractivity contribution in [2.75, 3.05) is 6.54 Å². The number of nitrogens with one attached hydrogen (secondary N) is 2. The minimum atomic E-state index is -0.702. The molecule has 2 N–H and O–H groups in total. The van der Waals surface area contributed by atoms with Crippen molar-refractivity contribution in [1.82, 2.24) is 10.3 Å². The van der Waals surface area contributed by atoms with Crippen molar-refractivity contribution in [1.29, 1.82) is 0 Å². The summed E-state index contributed by atoms with van der Waals surface area (Å²) in [5.74, 6) is -1.36. The van der Waals surface area contributed by atoms with Gasteiger partial charge in [-0.1, -0.05) is 18.2 Å². The van der Waals surface area contributed by atoms with Gasteiger partial charge in [0.05, 0.1) is 4.92 Å². The summed E-state index contributed by atoms with van der Waals surface area (Å²) in [6.45, 7) is 0.277. The lowest BCUT2D eigenvalue weighted by Gasteiger charge is -2.05. The largest absolute Gasteiger partial charge is 0.358 e. The lowest BCUT2D eigenvalue weighted by molar-refractivity contribution is -0.385. The highest BCUT2D eigenvalue weighted by molar-refractivity contribution is 5.98. The van der Waals surface area contributed by atoms with Gasteiger partial charge in [-0.25, -0.2) is 4.39 Å². The van der Waals surface area contributed by atoms with Crippen LogP contribution in [0, 0.1) is 15.9 Å². The second-order valence-electron chi connectivity index (χ2n) is 5.31. The molecule has 7 heteroatoms. The molecular formula is C17H14FN3O3. The van der Waals surface area contributed by atoms with Crippen LogP contribution in [0.25, 0.3) is 10.9 Å². The maximum Gasteiger partial charge on any atom is 0.282 e. The summed E-state index contributed by atoms with van der Waals surface area (Å²) in [6.07, 6.45) is 0.531. The monoisotopic (exact) mass is 327 g/mol. The Bertz CT molecular complexity index is 887. The molecule has 0 spiro atoms. The average Bonchev–Trinajstić information content (AvgIpc) is 2.97. The van der Waals surface area contributed by atoms with Crippen molar-refractivity contribution in [3.63, 3.8) is 0 Å². The van der Waals surface area contributed by atoms with Crippen LogP contribution in [0.2, 0.25) is 0 Å². The summed E-state index contributed by atoms with van der Waals surface area (Å²) in [4.78, 5) is 25.5. The molecule has 0 saturated heterocycles. The van der Waals surface area contributed by atoms with Gasteiger partial charge in [0, 0.05) is 30.2 Å². The molecule has 1 aromatic heterocycles. The molecule has 1 heterocycles. The molecule has 0 bridgehead atoms. The molecule has 0 aliphatic carbocycles. The van der Waals surface area contributed by atoms with Crippen LogP contribution in [0.1, 0.15) is 16.1 Å². The van der Waals surface area contributed by atoms with Crippen LogP contribution in [0.3, 0.4) is 0 Å². The zero-order chi connectivity index (χ0) is 17.1. The summed E-state index contributed by atoms with van der Waals surface area (Å²) in [5, 5.41) is 14.6. The van der Waals surface area contributed by atoms with Gasteiger partial charge in [-0.15, -0.1) is 0 Å². The maximum absolute atomic E-state index is 13.3. The molecule has 3 rings (SSSR count). The number of rotatable bonds is 5. The molecule has 2 aromatic carbocycles. The number of halogens is 1. The van der Waals surface area contributed by atoms with Crippen molar-refractivity contribution >= 4 is 22.5 Å². The molecule has 0 radical (unpaired) electrons. The van der Waals surface area contributed by atoms with Gasteiger partial charge in [0.15, 0.2) is 0 Å². The number of benzene rings is 2. The predicted octanol–water partition coefficient (Wildman–Crippen LogP) is 3.19. The highest BCUT2D eigenvalue weighted by Crippen LogP contribution is 2.19. The average molecular weight is 327 g/mol. The lowest BCUT2D eigenvalue weighted by atomic mass is 10.1. The van der Waals surface area contributed by atoms with E-state index >= 15 is 0 Å². The van der Waals surface area contributed by atoms with Crippen LogP contribution >= 0.6 is 0 Å². The molecule has 0 saturated carbocycles. The van der Waals surface area contributed by atoms with Gasteiger partial charge in [-0.3, -0.25) is 14.9 Å². The van der Waals surface area contributed by atoms with Crippen LogP contribution < -0.4 is 5.32 Å². The Labute approximate surface area is 136 Å². The standard InChI is InChI=1S/C17H14FN3O3/c18-12-5-6-16(21(23)24)14(10-12)17(22)19-8-7-13-9-11-3-1-2-4-15(11)20-13/h1-6,9-10,20H,7-8H2,(H,19,22). The van der Waals surface area contributed by atoms with Crippen molar-refractivity contribution in [3.8, 4) is 0 Å². The van der Waals surface area contributed by atoms with Crippen molar-refractivity contribution in [3.05, 3.63) is 75.7 Å². The highest BCUT2D eigenvalue weighted by atomic mass is 19.1. The Morgan fingerprint density at radius 1 is 1.21 bits per heavy atom. The molecular weight excluding hydrogens is 313 g/mol. The van der Waals surface area contributed by atoms with E-state index in [-0.39, 0.29) is 12.1 Å². The van der Waals surface area contributed by atoms with E-state index in [0.29, 0.717) is 6.42 Å². The summed E-state index contributed by atoms with van der Waals surface area (Å²) in [6, 6.07) is 12.6. The molecule has 1 amide bonds. The number of fused-ring (bicyclic) bond motifs is 1. The number of hydrogen-bond acceptors (Lipinski definition) is 3. The Morgan fingerprint density at radius 2 is 2.00 bits per heavy atom. The Balaban J connectivity index is 1.67. The molecule has 122 valence electrons. The molecule has 0 aliphatic rings. The smallest absolute Gasteiger partial charge is 0.282 e. The zero-order valence-electron chi connectivity index (χ0n) is 12.6. The summed E-state index contributed by atoms with van der Waals surface area (Å²) in [5.41, 5.74) is 1.24. The van der Waals surface area contributed by atoms with E-state index in [1.54, 1.807) is 0 Å². The van der Waals surface area contributed by atoms with Crippen LogP contribution in [-0.2, 0) is 6.42 Å². The fourth-order valence-corrected chi connectivity index (χ4v) is 2.52. The minimum Gasteiger partial charge on any atom is -0.358 e. The summed E-state index contributed by atoms with van der Waals surface area (Å²) >= 11 is 0. The van der Waals surface area contributed by atoms with E-state index in [1.807, 2.05) is 30.3 Å². The Hall–Kier alpha value is -3.22. The minimum absolute atomic E-state index is 0.277. The van der Waals surface area contributed by atoms with Gasteiger partial charge in [0.25, 0.3) is 11.6 Å². The predicted molar refractivity (Wildman–Crippen MR) is 87.4 cm³/mol. The number of carbonyl (C=O) groups excluding carboxylic acids is 1. The second-order valence-corrected chi connectivity index (χ2v) is 5.31. The highest BCUT2D eigenvalue weighted by Gasteiger charge is 2.20. The number of nitrogens with zero attached hydrogens (tertiary/aromatic N) is 1. The van der Waals surface area contributed by atoms with E-state index in [9.17, 15) is 19.3 Å². The number of hydrogen-bond donors (Lipinski definition) is 2. The number of para-hydroxylation sites is 1. The molecule has 6 nitrogen and oxygen atoms in total. The summed E-state index contributed by atoms with van der Waals surface area (Å²) < 4.78 is 13.3. The van der Waals surface area contributed by atoms with Gasteiger partial charge >= 0.3 is 0 Å². The van der Waals surface area contributed by atoms with Gasteiger partial charge in [0.1, 0.15) is 11.4 Å². The fraction of sp³-hybridized carbons (Fsp3) is 0.118. The Morgan fingerprint density at radius 3 is 2.75 bits per heavy atom. The topological polar surface area (TPSA) is 88.0 Å². The number of amides is 1. The van der Waals surface area contributed by atoms with Crippen LogP contribution in [0.5, 0.6) is 0 Å². The number of nitro benzene ring substituents is 1. The maximum atomic E-state index is 13.3. The van der Waals surface area contributed by atoms with E-state index in [4.69, 9.17) is 0 Å².